The van der Waals surface area contributed by atoms with E-state index in [1.807, 2.05) is 16.9 Å². The van der Waals surface area contributed by atoms with E-state index >= 15 is 0 Å². The van der Waals surface area contributed by atoms with E-state index in [9.17, 15) is 4.79 Å². The zero-order chi connectivity index (χ0) is 14.7. The van der Waals surface area contributed by atoms with Crippen LogP contribution in [0.2, 0.25) is 0 Å². The molecule has 2 aromatic heterocycles. The number of hydrogen-bond donors (Lipinski definition) is 1. The van der Waals surface area contributed by atoms with Crippen molar-refractivity contribution in [1.29, 1.82) is 0 Å². The smallest absolute Gasteiger partial charge is 0.360 e. The first kappa shape index (κ1) is 14.5. The van der Waals surface area contributed by atoms with E-state index in [0.717, 1.165) is 11.4 Å². The summed E-state index contributed by atoms with van der Waals surface area (Å²) < 4.78 is 6.83. The van der Waals surface area contributed by atoms with Gasteiger partial charge in [-0.3, -0.25) is 0 Å². The number of carbonyl (C=O) groups excluding carboxylic acids is 1. The van der Waals surface area contributed by atoms with E-state index in [1.54, 1.807) is 24.5 Å². The van der Waals surface area contributed by atoms with Gasteiger partial charge in [-0.2, -0.15) is 0 Å². The summed E-state index contributed by atoms with van der Waals surface area (Å²) in [6.45, 7) is 5.93. The number of thiazole rings is 1. The predicted molar refractivity (Wildman–Crippen MR) is 77.9 cm³/mol. The average Bonchev–Trinajstić information content (AvgIpc) is 3.03. The van der Waals surface area contributed by atoms with Crippen molar-refractivity contribution in [3.05, 3.63) is 28.1 Å². The molecule has 0 aliphatic carbocycles. The van der Waals surface area contributed by atoms with Gasteiger partial charge in [0.25, 0.3) is 0 Å². The standard InChI is InChI=1S/C13H18N4O2S/c1-4-9(12-15-6-7-20-12)17-8(3)16-10(11(17)14)13(18)19-5-2/h6-7,9H,4-5,14H2,1-3H3. The number of aromatic nitrogens is 3. The highest BCUT2D eigenvalue weighted by Gasteiger charge is 2.25. The molecular weight excluding hydrogens is 276 g/mol. The van der Waals surface area contributed by atoms with E-state index in [-0.39, 0.29) is 11.7 Å². The molecule has 6 nitrogen and oxygen atoms in total. The topological polar surface area (TPSA) is 83.0 Å². The molecule has 2 rings (SSSR count). The Morgan fingerprint density at radius 3 is 2.85 bits per heavy atom. The van der Waals surface area contributed by atoms with Crippen LogP contribution in [0.25, 0.3) is 0 Å². The van der Waals surface area contributed by atoms with Crippen LogP contribution < -0.4 is 5.73 Å². The Bertz CT molecular complexity index is 592. The fraction of sp³-hybridized carbons (Fsp3) is 0.462. The van der Waals surface area contributed by atoms with Gasteiger partial charge in [-0.15, -0.1) is 11.3 Å². The molecule has 0 radical (unpaired) electrons. The summed E-state index contributed by atoms with van der Waals surface area (Å²) in [7, 11) is 0. The zero-order valence-electron chi connectivity index (χ0n) is 11.8. The van der Waals surface area contributed by atoms with E-state index in [4.69, 9.17) is 10.5 Å². The summed E-state index contributed by atoms with van der Waals surface area (Å²) in [4.78, 5) is 20.4. The first-order valence-corrected chi connectivity index (χ1v) is 7.38. The molecule has 0 spiro atoms. The summed E-state index contributed by atoms with van der Waals surface area (Å²) >= 11 is 1.56. The third-order valence-corrected chi connectivity index (χ3v) is 3.90. The third-order valence-electron chi connectivity index (χ3n) is 3.03. The minimum atomic E-state index is -0.485. The summed E-state index contributed by atoms with van der Waals surface area (Å²) in [5.41, 5.74) is 6.27. The lowest BCUT2D eigenvalue weighted by atomic mass is 10.2. The van der Waals surface area contributed by atoms with Crippen LogP contribution in [-0.2, 0) is 4.74 Å². The van der Waals surface area contributed by atoms with Crippen LogP contribution in [0.15, 0.2) is 11.6 Å². The van der Waals surface area contributed by atoms with Crippen LogP contribution in [0.4, 0.5) is 5.82 Å². The Hall–Kier alpha value is -1.89. The predicted octanol–water partition coefficient (Wildman–Crippen LogP) is 2.41. The van der Waals surface area contributed by atoms with Crippen LogP contribution in [0.5, 0.6) is 0 Å². The van der Waals surface area contributed by atoms with Crippen LogP contribution in [0, 0.1) is 6.92 Å². The van der Waals surface area contributed by atoms with Gasteiger partial charge in [0.15, 0.2) is 5.69 Å². The monoisotopic (exact) mass is 294 g/mol. The maximum absolute atomic E-state index is 11.8. The first-order chi connectivity index (χ1) is 9.60. The molecule has 0 fully saturated rings. The maximum atomic E-state index is 11.8. The molecule has 2 aromatic rings. The fourth-order valence-electron chi connectivity index (χ4n) is 2.17. The molecule has 0 aliphatic heterocycles. The second kappa shape index (κ2) is 6.04. The second-order valence-corrected chi connectivity index (χ2v) is 5.20. The van der Waals surface area contributed by atoms with Gasteiger partial charge in [-0.1, -0.05) is 6.92 Å². The van der Waals surface area contributed by atoms with Crippen molar-refractivity contribution in [2.45, 2.75) is 33.2 Å². The van der Waals surface area contributed by atoms with Crippen molar-refractivity contribution in [2.24, 2.45) is 0 Å². The number of rotatable bonds is 5. The Kier molecular flexibility index (Phi) is 4.39. The SMILES string of the molecule is CCOC(=O)c1nc(C)n(C(CC)c2nccs2)c1N. The number of imidazole rings is 1. The summed E-state index contributed by atoms with van der Waals surface area (Å²) in [5.74, 6) is 0.538. The molecule has 1 unspecified atom stereocenters. The number of nitrogens with two attached hydrogens (primary N) is 1. The lowest BCUT2D eigenvalue weighted by Gasteiger charge is -2.17. The van der Waals surface area contributed by atoms with Crippen molar-refractivity contribution in [1.82, 2.24) is 14.5 Å². The number of ether oxygens (including phenoxy) is 1. The number of carbonyl (C=O) groups is 1. The van der Waals surface area contributed by atoms with Crippen molar-refractivity contribution < 1.29 is 9.53 Å². The Balaban J connectivity index is 2.44. The van der Waals surface area contributed by atoms with Gasteiger partial charge in [0.1, 0.15) is 16.6 Å². The van der Waals surface area contributed by atoms with Gasteiger partial charge in [0.05, 0.1) is 12.6 Å². The van der Waals surface area contributed by atoms with E-state index in [1.165, 1.54) is 0 Å². The molecule has 0 amide bonds. The number of aryl methyl sites for hydroxylation is 1. The van der Waals surface area contributed by atoms with Crippen LogP contribution in [0.1, 0.15) is 47.6 Å². The van der Waals surface area contributed by atoms with Crippen molar-refractivity contribution in [3.63, 3.8) is 0 Å². The normalized spacial score (nSPS) is 12.3. The van der Waals surface area contributed by atoms with Crippen molar-refractivity contribution >= 4 is 23.1 Å². The van der Waals surface area contributed by atoms with Crippen molar-refractivity contribution in [3.8, 4) is 0 Å². The molecule has 0 saturated carbocycles. The van der Waals surface area contributed by atoms with Gasteiger partial charge in [0.2, 0.25) is 0 Å². The average molecular weight is 294 g/mol. The lowest BCUT2D eigenvalue weighted by Crippen LogP contribution is -2.15. The largest absolute Gasteiger partial charge is 0.461 e. The molecule has 7 heteroatoms. The highest BCUT2D eigenvalue weighted by Crippen LogP contribution is 2.29. The van der Waals surface area contributed by atoms with Gasteiger partial charge in [-0.05, 0) is 20.3 Å². The third kappa shape index (κ3) is 2.53. The highest BCUT2D eigenvalue weighted by molar-refractivity contribution is 7.09. The van der Waals surface area contributed by atoms with Crippen LogP contribution in [-0.4, -0.2) is 27.1 Å². The number of nitrogens with zero attached hydrogens (tertiary/aromatic N) is 3. The number of hydrogen-bond acceptors (Lipinski definition) is 6. The molecule has 2 heterocycles. The molecule has 108 valence electrons. The first-order valence-electron chi connectivity index (χ1n) is 6.50. The van der Waals surface area contributed by atoms with Gasteiger partial charge < -0.3 is 15.0 Å². The molecule has 0 saturated heterocycles. The van der Waals surface area contributed by atoms with Crippen LogP contribution in [0.3, 0.4) is 0 Å². The van der Waals surface area contributed by atoms with Gasteiger partial charge in [-0.25, -0.2) is 14.8 Å². The molecule has 0 aliphatic rings. The van der Waals surface area contributed by atoms with Crippen molar-refractivity contribution in [2.75, 3.05) is 12.3 Å². The summed E-state index contributed by atoms with van der Waals surface area (Å²) in [6, 6.07) is -0.00863. The molecule has 1 atom stereocenters. The van der Waals surface area contributed by atoms with Gasteiger partial charge >= 0.3 is 5.97 Å². The zero-order valence-corrected chi connectivity index (χ0v) is 12.6. The van der Waals surface area contributed by atoms with Crippen LogP contribution >= 0.6 is 11.3 Å². The number of esters is 1. The number of anilines is 1. The Morgan fingerprint density at radius 2 is 2.30 bits per heavy atom. The van der Waals surface area contributed by atoms with E-state index < -0.39 is 5.97 Å². The fourth-order valence-corrected chi connectivity index (χ4v) is 2.98. The molecule has 0 aromatic carbocycles. The summed E-state index contributed by atoms with van der Waals surface area (Å²) in [5, 5.41) is 2.88. The Labute approximate surface area is 121 Å². The minimum absolute atomic E-state index is 0.00863. The quantitative estimate of drug-likeness (QED) is 0.856. The van der Waals surface area contributed by atoms with E-state index in [2.05, 4.69) is 16.9 Å². The summed E-state index contributed by atoms with van der Waals surface area (Å²) in [6.07, 6.45) is 2.58. The maximum Gasteiger partial charge on any atom is 0.360 e. The molecule has 2 N–H and O–H groups in total. The second-order valence-electron chi connectivity index (χ2n) is 4.28. The highest BCUT2D eigenvalue weighted by atomic mass is 32.1. The molecular formula is C13H18N4O2S. The Morgan fingerprint density at radius 1 is 1.55 bits per heavy atom. The number of nitrogen functional groups attached to an aromatic ring is 1. The molecule has 0 bridgehead atoms. The van der Waals surface area contributed by atoms with Gasteiger partial charge in [0, 0.05) is 11.6 Å². The van der Waals surface area contributed by atoms with E-state index in [0.29, 0.717) is 18.2 Å². The minimum Gasteiger partial charge on any atom is -0.461 e. The lowest BCUT2D eigenvalue weighted by molar-refractivity contribution is 0.0521. The molecule has 20 heavy (non-hydrogen) atoms.